The summed E-state index contributed by atoms with van der Waals surface area (Å²) in [5, 5.41) is 12.5. The Morgan fingerprint density at radius 1 is 1.15 bits per heavy atom. The maximum atomic E-state index is 12.1. The molecule has 2 N–H and O–H groups in total. The Morgan fingerprint density at radius 2 is 1.89 bits per heavy atom. The highest BCUT2D eigenvalue weighted by atomic mass is 19.4. The number of carbonyl (C=O) groups is 1. The maximum Gasteiger partial charge on any atom is 0.422 e. The number of rotatable bonds is 9. The highest BCUT2D eigenvalue weighted by Gasteiger charge is 2.28. The molecule has 0 spiro atoms. The summed E-state index contributed by atoms with van der Waals surface area (Å²) < 4.78 is 40.8. The number of nitrogens with zero attached hydrogens (tertiary/aromatic N) is 1. The average molecular weight is 382 g/mol. The summed E-state index contributed by atoms with van der Waals surface area (Å²) in [6.07, 6.45) is -3.00. The van der Waals surface area contributed by atoms with Gasteiger partial charge < -0.3 is 15.2 Å². The Hall–Kier alpha value is -2.61. The summed E-state index contributed by atoms with van der Waals surface area (Å²) >= 11 is 0. The molecule has 0 saturated heterocycles. The van der Waals surface area contributed by atoms with Crippen LogP contribution in [0.5, 0.6) is 5.75 Å². The molecule has 1 amide bonds. The van der Waals surface area contributed by atoms with Crippen LogP contribution in [0.4, 0.5) is 13.2 Å². The minimum Gasteiger partial charge on any atom is -0.483 e. The van der Waals surface area contributed by atoms with Crippen LogP contribution in [0.1, 0.15) is 17.7 Å². The first kappa shape index (κ1) is 20.7. The Kier molecular flexibility index (Phi) is 7.60. The second kappa shape index (κ2) is 9.91. The average Bonchev–Trinajstić information content (AvgIpc) is 2.65. The standard InChI is InChI=1S/C19H21F3N2O3/c20-19(21,22)13-27-16-8-7-15(24-12-16)10-11-23-18(26)17(25)9-6-14-4-2-1-3-5-14/h1-5,7-8,12,17,25H,6,9-11,13H2,(H,23,26). The molecule has 2 rings (SSSR count). The normalized spacial score (nSPS) is 12.4. The number of aromatic nitrogens is 1. The number of halogens is 3. The van der Waals surface area contributed by atoms with Gasteiger partial charge in [0, 0.05) is 18.7 Å². The molecular weight excluding hydrogens is 361 g/mol. The second-order valence-corrected chi connectivity index (χ2v) is 5.97. The van der Waals surface area contributed by atoms with Crippen molar-refractivity contribution in [1.29, 1.82) is 0 Å². The summed E-state index contributed by atoms with van der Waals surface area (Å²) in [5.74, 6) is -0.437. The fraction of sp³-hybridized carbons (Fsp3) is 0.368. The third kappa shape index (κ3) is 8.08. The molecule has 1 atom stereocenters. The number of ether oxygens (including phenoxy) is 1. The number of hydrogen-bond donors (Lipinski definition) is 2. The van der Waals surface area contributed by atoms with Crippen molar-refractivity contribution in [2.45, 2.75) is 31.5 Å². The van der Waals surface area contributed by atoms with Gasteiger partial charge in [0.05, 0.1) is 6.20 Å². The van der Waals surface area contributed by atoms with Gasteiger partial charge in [0.25, 0.3) is 0 Å². The summed E-state index contributed by atoms with van der Waals surface area (Å²) in [6, 6.07) is 12.5. The van der Waals surface area contributed by atoms with Crippen LogP contribution in [0, 0.1) is 0 Å². The van der Waals surface area contributed by atoms with E-state index < -0.39 is 24.8 Å². The molecule has 5 nitrogen and oxygen atoms in total. The van der Waals surface area contributed by atoms with Gasteiger partial charge in [-0.2, -0.15) is 13.2 Å². The highest BCUT2D eigenvalue weighted by Crippen LogP contribution is 2.17. The van der Waals surface area contributed by atoms with E-state index in [9.17, 15) is 23.1 Å². The third-order valence-electron chi connectivity index (χ3n) is 3.73. The first-order valence-corrected chi connectivity index (χ1v) is 8.48. The number of aliphatic hydroxyl groups excluding tert-OH is 1. The van der Waals surface area contributed by atoms with Crippen LogP contribution >= 0.6 is 0 Å². The third-order valence-corrected chi connectivity index (χ3v) is 3.73. The molecule has 0 radical (unpaired) electrons. The van der Waals surface area contributed by atoms with Crippen molar-refractivity contribution in [3.8, 4) is 5.75 Å². The first-order valence-electron chi connectivity index (χ1n) is 8.48. The summed E-state index contributed by atoms with van der Waals surface area (Å²) in [5.41, 5.74) is 1.63. The van der Waals surface area contributed by atoms with Gasteiger partial charge in [-0.15, -0.1) is 0 Å². The van der Waals surface area contributed by atoms with Gasteiger partial charge in [-0.05, 0) is 30.5 Å². The number of amides is 1. The van der Waals surface area contributed by atoms with Gasteiger partial charge in [0.1, 0.15) is 11.9 Å². The maximum absolute atomic E-state index is 12.1. The van der Waals surface area contributed by atoms with E-state index in [2.05, 4.69) is 15.0 Å². The Morgan fingerprint density at radius 3 is 2.52 bits per heavy atom. The molecule has 8 heteroatoms. The Labute approximate surface area is 155 Å². The number of benzene rings is 1. The largest absolute Gasteiger partial charge is 0.483 e. The Bertz CT molecular complexity index is 706. The Balaban J connectivity index is 1.68. The molecule has 2 aromatic rings. The van der Waals surface area contributed by atoms with Crippen molar-refractivity contribution < 1.29 is 27.8 Å². The van der Waals surface area contributed by atoms with Crippen molar-refractivity contribution in [3.63, 3.8) is 0 Å². The predicted molar refractivity (Wildman–Crippen MR) is 93.3 cm³/mol. The SMILES string of the molecule is O=C(NCCc1ccc(OCC(F)(F)F)cn1)C(O)CCc1ccccc1. The monoisotopic (exact) mass is 382 g/mol. The van der Waals surface area contributed by atoms with E-state index in [0.29, 0.717) is 25.0 Å². The summed E-state index contributed by atoms with van der Waals surface area (Å²) in [4.78, 5) is 15.9. The van der Waals surface area contributed by atoms with Gasteiger partial charge in [0.2, 0.25) is 5.91 Å². The molecule has 0 aliphatic rings. The van der Waals surface area contributed by atoms with Crippen LogP contribution in [-0.2, 0) is 17.6 Å². The smallest absolute Gasteiger partial charge is 0.422 e. The molecule has 1 aromatic carbocycles. The molecule has 1 heterocycles. The lowest BCUT2D eigenvalue weighted by molar-refractivity contribution is -0.153. The zero-order valence-corrected chi connectivity index (χ0v) is 14.6. The van der Waals surface area contributed by atoms with Crippen molar-refractivity contribution in [3.05, 3.63) is 59.9 Å². The van der Waals surface area contributed by atoms with Gasteiger partial charge in [-0.25, -0.2) is 0 Å². The van der Waals surface area contributed by atoms with Crippen LogP contribution in [-0.4, -0.2) is 41.4 Å². The lowest BCUT2D eigenvalue weighted by Crippen LogP contribution is -2.36. The molecule has 0 aliphatic carbocycles. The van der Waals surface area contributed by atoms with Crippen molar-refractivity contribution in [2.75, 3.05) is 13.2 Å². The number of nitrogens with one attached hydrogen (secondary N) is 1. The number of alkyl halides is 3. The van der Waals surface area contributed by atoms with E-state index in [4.69, 9.17) is 0 Å². The van der Waals surface area contributed by atoms with Gasteiger partial charge in [-0.1, -0.05) is 30.3 Å². The fourth-order valence-corrected chi connectivity index (χ4v) is 2.32. The molecule has 27 heavy (non-hydrogen) atoms. The number of aliphatic hydroxyl groups is 1. The van der Waals surface area contributed by atoms with Gasteiger partial charge in [0.15, 0.2) is 6.61 Å². The molecule has 1 aromatic heterocycles. The van der Waals surface area contributed by atoms with E-state index in [-0.39, 0.29) is 12.3 Å². The number of hydrogen-bond acceptors (Lipinski definition) is 4. The van der Waals surface area contributed by atoms with Crippen molar-refractivity contribution >= 4 is 5.91 Å². The van der Waals surface area contributed by atoms with Crippen LogP contribution < -0.4 is 10.1 Å². The van der Waals surface area contributed by atoms with E-state index in [1.165, 1.54) is 18.3 Å². The van der Waals surface area contributed by atoms with Crippen molar-refractivity contribution in [1.82, 2.24) is 10.3 Å². The van der Waals surface area contributed by atoms with Gasteiger partial charge in [-0.3, -0.25) is 9.78 Å². The predicted octanol–water partition coefficient (Wildman–Crippen LogP) is 2.68. The van der Waals surface area contributed by atoms with E-state index >= 15 is 0 Å². The van der Waals surface area contributed by atoms with Crippen LogP contribution in [0.2, 0.25) is 0 Å². The molecular formula is C19H21F3N2O3. The van der Waals surface area contributed by atoms with Crippen LogP contribution in [0.3, 0.4) is 0 Å². The lowest BCUT2D eigenvalue weighted by Gasteiger charge is -2.12. The number of aryl methyl sites for hydroxylation is 1. The van der Waals surface area contributed by atoms with Crippen LogP contribution in [0.25, 0.3) is 0 Å². The fourth-order valence-electron chi connectivity index (χ4n) is 2.32. The van der Waals surface area contributed by atoms with Crippen LogP contribution in [0.15, 0.2) is 48.7 Å². The molecule has 0 bridgehead atoms. The van der Waals surface area contributed by atoms with E-state index in [0.717, 1.165) is 5.56 Å². The molecule has 0 fully saturated rings. The molecule has 1 unspecified atom stereocenters. The van der Waals surface area contributed by atoms with Gasteiger partial charge >= 0.3 is 6.18 Å². The topological polar surface area (TPSA) is 71.5 Å². The second-order valence-electron chi connectivity index (χ2n) is 5.97. The van der Waals surface area contributed by atoms with E-state index in [1.807, 2.05) is 30.3 Å². The first-order chi connectivity index (χ1) is 12.8. The lowest BCUT2D eigenvalue weighted by atomic mass is 10.1. The molecule has 0 saturated carbocycles. The number of carbonyl (C=O) groups excluding carboxylic acids is 1. The zero-order valence-electron chi connectivity index (χ0n) is 14.6. The summed E-state index contributed by atoms with van der Waals surface area (Å²) in [6.45, 7) is -1.11. The number of pyridine rings is 1. The molecule has 0 aliphatic heterocycles. The summed E-state index contributed by atoms with van der Waals surface area (Å²) in [7, 11) is 0. The van der Waals surface area contributed by atoms with E-state index in [1.54, 1.807) is 0 Å². The van der Waals surface area contributed by atoms with Crippen molar-refractivity contribution in [2.24, 2.45) is 0 Å². The minimum absolute atomic E-state index is 0.0245. The highest BCUT2D eigenvalue weighted by molar-refractivity contribution is 5.80. The molecule has 146 valence electrons. The minimum atomic E-state index is -4.40. The zero-order chi connectivity index (χ0) is 19.7. The quantitative estimate of drug-likeness (QED) is 0.700.